The van der Waals surface area contributed by atoms with Crippen LogP contribution in [0.4, 0.5) is 18.9 Å². The molecule has 0 N–H and O–H groups in total. The first-order valence-electron chi connectivity index (χ1n) is 12.5. The highest BCUT2D eigenvalue weighted by atomic mass is 35.5. The smallest absolute Gasteiger partial charge is 0.278 e. The van der Waals surface area contributed by atoms with Crippen LogP contribution in [0.3, 0.4) is 0 Å². The third-order valence-corrected chi connectivity index (χ3v) is 8.78. The number of hydrogen-bond acceptors (Lipinski definition) is 7. The van der Waals surface area contributed by atoms with Crippen LogP contribution in [0.5, 0.6) is 0 Å². The maximum absolute atomic E-state index is 13.9. The molecule has 2 aromatic rings. The number of alkyl halides is 2. The van der Waals surface area contributed by atoms with Gasteiger partial charge >= 0.3 is 0 Å². The van der Waals surface area contributed by atoms with Crippen LogP contribution in [0, 0.1) is 5.82 Å². The Bertz CT molecular complexity index is 1230. The Balaban J connectivity index is 1.23. The van der Waals surface area contributed by atoms with Crippen molar-refractivity contribution in [3.63, 3.8) is 0 Å². The maximum atomic E-state index is 13.9. The molecule has 5 rings (SSSR count). The van der Waals surface area contributed by atoms with Gasteiger partial charge in [-0.05, 0) is 68.2 Å². The molecule has 1 amide bonds. The number of anilines is 1. The lowest BCUT2D eigenvalue weighted by Crippen LogP contribution is -2.62. The third kappa shape index (κ3) is 6.16. The standard InChI is InChI=1S/C26H28ClF3N6OS/c1-16(37)35-14-20(15-35)34-8-6-21(7-9-34)38-36(19-4-5-23(28)22(27)10-19)13-18-3-2-17(12-31-18)24-11-25(26(29)30)33-32-24/h2-5,10,12,20-21,26H,6-9,11,13-15H2,1H3. The minimum absolute atomic E-state index is 0.0150. The number of halogens is 4. The number of nitrogens with zero attached hydrogens (tertiary/aromatic N) is 6. The summed E-state index contributed by atoms with van der Waals surface area (Å²) in [5.74, 6) is -0.344. The molecule has 12 heteroatoms. The van der Waals surface area contributed by atoms with Crippen LogP contribution in [0.2, 0.25) is 5.02 Å². The number of carbonyl (C=O) groups is 1. The predicted molar refractivity (Wildman–Crippen MR) is 145 cm³/mol. The molecule has 1 aromatic carbocycles. The predicted octanol–water partition coefficient (Wildman–Crippen LogP) is 5.04. The Hall–Kier alpha value is -2.63. The molecule has 38 heavy (non-hydrogen) atoms. The van der Waals surface area contributed by atoms with Crippen LogP contribution in [-0.4, -0.2) is 76.0 Å². The lowest BCUT2D eigenvalue weighted by molar-refractivity contribution is -0.136. The van der Waals surface area contributed by atoms with E-state index in [1.807, 2.05) is 17.0 Å². The van der Waals surface area contributed by atoms with Crippen molar-refractivity contribution in [2.75, 3.05) is 30.5 Å². The van der Waals surface area contributed by atoms with Gasteiger partial charge in [0.05, 0.1) is 23.0 Å². The highest BCUT2D eigenvalue weighted by molar-refractivity contribution is 8.01. The van der Waals surface area contributed by atoms with E-state index in [9.17, 15) is 18.0 Å². The monoisotopic (exact) mass is 564 g/mol. The van der Waals surface area contributed by atoms with Crippen molar-refractivity contribution in [1.82, 2.24) is 14.8 Å². The minimum Gasteiger partial charge on any atom is -0.340 e. The van der Waals surface area contributed by atoms with E-state index in [0.29, 0.717) is 29.1 Å². The summed E-state index contributed by atoms with van der Waals surface area (Å²) in [5.41, 5.74) is 2.44. The summed E-state index contributed by atoms with van der Waals surface area (Å²) in [6.45, 7) is 5.59. The van der Waals surface area contributed by atoms with Gasteiger partial charge in [0.25, 0.3) is 6.43 Å². The molecular formula is C26H28ClF3N6OS. The Morgan fingerprint density at radius 1 is 1.18 bits per heavy atom. The van der Waals surface area contributed by atoms with Crippen molar-refractivity contribution < 1.29 is 18.0 Å². The molecule has 3 aliphatic rings. The van der Waals surface area contributed by atoms with Gasteiger partial charge in [0, 0.05) is 55.2 Å². The first kappa shape index (κ1) is 27.0. The van der Waals surface area contributed by atoms with Crippen molar-refractivity contribution in [3.8, 4) is 0 Å². The molecule has 4 heterocycles. The van der Waals surface area contributed by atoms with Crippen LogP contribution in [0.15, 0.2) is 46.7 Å². The number of pyridine rings is 1. The second kappa shape index (κ2) is 11.6. The molecule has 1 aromatic heterocycles. The molecule has 2 saturated heterocycles. The molecule has 0 unspecified atom stereocenters. The maximum Gasteiger partial charge on any atom is 0.278 e. The second-order valence-electron chi connectivity index (χ2n) is 9.71. The van der Waals surface area contributed by atoms with Crippen molar-refractivity contribution in [2.45, 2.75) is 50.4 Å². The molecule has 0 saturated carbocycles. The van der Waals surface area contributed by atoms with E-state index in [0.717, 1.165) is 50.4 Å². The number of likely N-dealkylation sites (tertiary alicyclic amines) is 2. The number of piperidine rings is 1. The lowest BCUT2D eigenvalue weighted by Gasteiger charge is -2.47. The molecule has 0 radical (unpaired) electrons. The fourth-order valence-electron chi connectivity index (χ4n) is 4.78. The van der Waals surface area contributed by atoms with Crippen molar-refractivity contribution >= 4 is 46.6 Å². The zero-order chi connectivity index (χ0) is 26.8. The van der Waals surface area contributed by atoms with Gasteiger partial charge in [0.2, 0.25) is 5.91 Å². The van der Waals surface area contributed by atoms with Gasteiger partial charge < -0.3 is 9.21 Å². The number of hydrogen-bond donors (Lipinski definition) is 0. The molecule has 0 spiro atoms. The van der Waals surface area contributed by atoms with Crippen LogP contribution in [0.1, 0.15) is 37.4 Å². The van der Waals surface area contributed by atoms with Crippen molar-refractivity contribution in [3.05, 3.63) is 58.6 Å². The number of amides is 1. The highest BCUT2D eigenvalue weighted by Crippen LogP contribution is 2.35. The molecule has 0 bridgehead atoms. The van der Waals surface area contributed by atoms with Gasteiger partial charge in [-0.25, -0.2) is 13.2 Å². The number of carbonyl (C=O) groups excluding carboxylic acids is 1. The van der Waals surface area contributed by atoms with E-state index < -0.39 is 12.2 Å². The largest absolute Gasteiger partial charge is 0.340 e. The van der Waals surface area contributed by atoms with Crippen molar-refractivity contribution in [2.24, 2.45) is 10.2 Å². The summed E-state index contributed by atoms with van der Waals surface area (Å²) in [6, 6.07) is 8.78. The first-order chi connectivity index (χ1) is 18.3. The Morgan fingerprint density at radius 3 is 2.55 bits per heavy atom. The zero-order valence-corrected chi connectivity index (χ0v) is 22.4. The molecule has 0 aliphatic carbocycles. The van der Waals surface area contributed by atoms with E-state index in [4.69, 9.17) is 11.6 Å². The van der Waals surface area contributed by atoms with Gasteiger partial charge in [0.15, 0.2) is 0 Å². The minimum atomic E-state index is -2.62. The number of benzene rings is 1. The van der Waals surface area contributed by atoms with Crippen LogP contribution >= 0.6 is 23.5 Å². The van der Waals surface area contributed by atoms with Crippen LogP contribution in [-0.2, 0) is 11.3 Å². The SMILES string of the molecule is CC(=O)N1CC(N2CCC(SN(Cc3ccc(C4=NN=C(C(F)F)C4)cn3)c3ccc(F)c(Cl)c3)CC2)C1. The molecule has 0 atom stereocenters. The van der Waals surface area contributed by atoms with Gasteiger partial charge in [-0.2, -0.15) is 10.2 Å². The van der Waals surface area contributed by atoms with Crippen molar-refractivity contribution in [1.29, 1.82) is 0 Å². The summed E-state index contributed by atoms with van der Waals surface area (Å²) in [6.07, 6.45) is 1.00. The third-order valence-electron chi connectivity index (χ3n) is 7.13. The summed E-state index contributed by atoms with van der Waals surface area (Å²) in [4.78, 5) is 20.4. The highest BCUT2D eigenvalue weighted by Gasteiger charge is 2.35. The van der Waals surface area contributed by atoms with Gasteiger partial charge in [-0.3, -0.25) is 14.7 Å². The summed E-state index contributed by atoms with van der Waals surface area (Å²) in [7, 11) is 0. The van der Waals surface area contributed by atoms with E-state index in [-0.39, 0.29) is 23.1 Å². The summed E-state index contributed by atoms with van der Waals surface area (Å²) < 4.78 is 41.8. The molecule has 3 aliphatic heterocycles. The summed E-state index contributed by atoms with van der Waals surface area (Å²) in [5, 5.41) is 7.87. The average molecular weight is 565 g/mol. The topological polar surface area (TPSA) is 64.4 Å². The van der Waals surface area contributed by atoms with Crippen LogP contribution < -0.4 is 4.31 Å². The van der Waals surface area contributed by atoms with E-state index >= 15 is 0 Å². The van der Waals surface area contributed by atoms with Gasteiger partial charge in [-0.1, -0.05) is 11.6 Å². The van der Waals surface area contributed by atoms with Gasteiger partial charge in [-0.15, -0.1) is 0 Å². The van der Waals surface area contributed by atoms with E-state index in [1.165, 1.54) is 6.07 Å². The average Bonchev–Trinajstić information content (AvgIpc) is 3.36. The molecule has 202 valence electrons. The number of rotatable bonds is 8. The fraction of sp³-hybridized carbons (Fsp3) is 0.462. The Morgan fingerprint density at radius 2 is 1.95 bits per heavy atom. The quantitative estimate of drug-likeness (QED) is 0.421. The molecule has 7 nitrogen and oxygen atoms in total. The second-order valence-corrected chi connectivity index (χ2v) is 11.4. The van der Waals surface area contributed by atoms with E-state index in [2.05, 4.69) is 24.4 Å². The molecule has 2 fully saturated rings. The Kier molecular flexibility index (Phi) is 8.25. The molecular weight excluding hydrogens is 537 g/mol. The number of aromatic nitrogens is 1. The van der Waals surface area contributed by atoms with Crippen LogP contribution in [0.25, 0.3) is 0 Å². The fourth-order valence-corrected chi connectivity index (χ4v) is 6.18. The van der Waals surface area contributed by atoms with Gasteiger partial charge in [0.1, 0.15) is 11.5 Å². The summed E-state index contributed by atoms with van der Waals surface area (Å²) >= 11 is 7.80. The first-order valence-corrected chi connectivity index (χ1v) is 13.7. The van der Waals surface area contributed by atoms with E-state index in [1.54, 1.807) is 37.2 Å². The Labute approximate surface area is 228 Å². The normalized spacial score (nSPS) is 18.9. The lowest BCUT2D eigenvalue weighted by atomic mass is 10.0. The zero-order valence-electron chi connectivity index (χ0n) is 20.9.